The number of hydrogen-bond donors (Lipinski definition) is 0. The van der Waals surface area contributed by atoms with E-state index in [1.807, 2.05) is 24.3 Å². The predicted molar refractivity (Wildman–Crippen MR) is 155 cm³/mol. The van der Waals surface area contributed by atoms with Crippen LogP contribution >= 0.6 is 27.3 Å². The Morgan fingerprint density at radius 1 is 1.20 bits per heavy atom. The first-order valence-electron chi connectivity index (χ1n) is 12.3. The largest absolute Gasteiger partial charge is 0.466 e. The van der Waals surface area contributed by atoms with Gasteiger partial charge in [-0.05, 0) is 58.1 Å². The van der Waals surface area contributed by atoms with Crippen LogP contribution in [-0.2, 0) is 9.53 Å². The fourth-order valence-electron chi connectivity index (χ4n) is 4.59. The molecule has 0 spiro atoms. The number of esters is 1. The van der Waals surface area contributed by atoms with Crippen molar-refractivity contribution >= 4 is 45.0 Å². The van der Waals surface area contributed by atoms with Gasteiger partial charge in [0.1, 0.15) is 11.5 Å². The predicted octanol–water partition coefficient (Wildman–Crippen LogP) is 5.46. The zero-order valence-corrected chi connectivity index (χ0v) is 24.4. The third-order valence-electron chi connectivity index (χ3n) is 6.67. The number of methoxy groups -OCH3 is 1. The Balaban J connectivity index is 1.60. The number of carbonyl (C=O) groups is 1. The summed E-state index contributed by atoms with van der Waals surface area (Å²) >= 11 is 4.57. The Kier molecular flexibility index (Phi) is 7.43. The van der Waals surface area contributed by atoms with Crippen LogP contribution in [-0.4, -0.2) is 22.6 Å². The Bertz CT molecular complexity index is 1860. The first-order chi connectivity index (χ1) is 19.1. The molecule has 40 heavy (non-hydrogen) atoms. The lowest BCUT2D eigenvalue weighted by molar-refractivity contribution is -0.384. The Hall–Kier alpha value is -4.09. The molecule has 2 aromatic heterocycles. The van der Waals surface area contributed by atoms with Gasteiger partial charge in [-0.25, -0.2) is 9.79 Å². The van der Waals surface area contributed by atoms with E-state index in [1.54, 1.807) is 31.2 Å². The summed E-state index contributed by atoms with van der Waals surface area (Å²) in [6, 6.07) is 15.0. The van der Waals surface area contributed by atoms with E-state index in [2.05, 4.69) is 34.8 Å². The van der Waals surface area contributed by atoms with Gasteiger partial charge in [0.15, 0.2) is 4.80 Å². The minimum atomic E-state index is -0.699. The van der Waals surface area contributed by atoms with E-state index in [0.717, 1.165) is 11.1 Å². The Labute approximate surface area is 241 Å². The summed E-state index contributed by atoms with van der Waals surface area (Å²) in [5.41, 5.74) is 2.99. The van der Waals surface area contributed by atoms with E-state index in [-0.39, 0.29) is 11.2 Å². The van der Waals surface area contributed by atoms with Gasteiger partial charge in [-0.2, -0.15) is 0 Å². The van der Waals surface area contributed by atoms with Gasteiger partial charge in [-0.3, -0.25) is 19.5 Å². The smallest absolute Gasteiger partial charge is 0.338 e. The molecule has 0 bridgehead atoms. The van der Waals surface area contributed by atoms with Gasteiger partial charge in [-0.1, -0.05) is 49.4 Å². The average Bonchev–Trinajstić information content (AvgIpc) is 3.51. The molecule has 4 aromatic rings. The molecule has 204 valence electrons. The Morgan fingerprint density at radius 2 is 1.93 bits per heavy atom. The minimum Gasteiger partial charge on any atom is -0.466 e. The molecule has 0 unspecified atom stereocenters. The first kappa shape index (κ1) is 27.5. The number of fused-ring (bicyclic) bond motifs is 1. The minimum absolute atomic E-state index is 0.0430. The van der Waals surface area contributed by atoms with Crippen molar-refractivity contribution in [3.8, 4) is 11.3 Å². The third kappa shape index (κ3) is 4.98. The standard InChI is InChI=1S/C29H24BrN3O6S/c1-15(2)17-5-7-18(8-6-17)26-25(28(35)38-4)16(3)31-29-32(26)27(34)24(40-29)14-20-10-12-23(39-20)21-11-9-19(33(36)37)13-22(21)30/h5-15,26H,1-4H3/b24-14-/t26-/m0/s1. The summed E-state index contributed by atoms with van der Waals surface area (Å²) in [6.45, 7) is 5.93. The number of nitro groups is 1. The maximum Gasteiger partial charge on any atom is 0.338 e. The van der Waals surface area contributed by atoms with Crippen LogP contribution in [0.4, 0.5) is 5.69 Å². The van der Waals surface area contributed by atoms with Gasteiger partial charge in [0, 0.05) is 28.2 Å². The van der Waals surface area contributed by atoms with E-state index in [1.165, 1.54) is 35.1 Å². The van der Waals surface area contributed by atoms with E-state index in [4.69, 9.17) is 9.15 Å². The van der Waals surface area contributed by atoms with Gasteiger partial charge in [0.05, 0.1) is 33.9 Å². The highest BCUT2D eigenvalue weighted by molar-refractivity contribution is 9.10. The quantitative estimate of drug-likeness (QED) is 0.160. The molecule has 0 aliphatic carbocycles. The summed E-state index contributed by atoms with van der Waals surface area (Å²) in [6.07, 6.45) is 1.63. The SMILES string of the molecule is COC(=O)C1=C(C)N=c2s/c(=C\c3ccc(-c4ccc([N+](=O)[O-])cc4Br)o3)c(=O)n2[C@H]1c1ccc(C(C)C)cc1. The van der Waals surface area contributed by atoms with Crippen LogP contribution < -0.4 is 14.9 Å². The van der Waals surface area contributed by atoms with Gasteiger partial charge in [0.2, 0.25) is 0 Å². The van der Waals surface area contributed by atoms with Gasteiger partial charge >= 0.3 is 5.97 Å². The van der Waals surface area contributed by atoms with Crippen molar-refractivity contribution in [3.05, 3.63) is 117 Å². The van der Waals surface area contributed by atoms with Crippen LogP contribution in [0.5, 0.6) is 0 Å². The molecule has 0 radical (unpaired) electrons. The number of allylic oxidation sites excluding steroid dienone is 1. The molecule has 0 fully saturated rings. The second-order valence-corrected chi connectivity index (χ2v) is 11.4. The highest BCUT2D eigenvalue weighted by atomic mass is 79.9. The topological polar surface area (TPSA) is 117 Å². The van der Waals surface area contributed by atoms with Crippen molar-refractivity contribution in [1.82, 2.24) is 4.57 Å². The number of non-ortho nitro benzene ring substituents is 1. The second kappa shape index (κ2) is 10.8. The number of halogens is 1. The van der Waals surface area contributed by atoms with E-state index >= 15 is 0 Å². The molecule has 9 nitrogen and oxygen atoms in total. The summed E-state index contributed by atoms with van der Waals surface area (Å²) < 4.78 is 13.5. The lowest BCUT2D eigenvalue weighted by Crippen LogP contribution is -2.39. The molecule has 1 atom stereocenters. The van der Waals surface area contributed by atoms with Crippen LogP contribution in [0.25, 0.3) is 17.4 Å². The average molecular weight is 622 g/mol. The first-order valence-corrected chi connectivity index (χ1v) is 13.9. The summed E-state index contributed by atoms with van der Waals surface area (Å²) in [4.78, 5) is 42.3. The van der Waals surface area contributed by atoms with E-state index < -0.39 is 16.9 Å². The highest BCUT2D eigenvalue weighted by Crippen LogP contribution is 2.33. The fourth-order valence-corrected chi connectivity index (χ4v) is 6.18. The number of rotatable bonds is 6. The number of furan rings is 1. The molecule has 1 aliphatic rings. The van der Waals surface area contributed by atoms with Crippen molar-refractivity contribution in [2.75, 3.05) is 7.11 Å². The Morgan fingerprint density at radius 3 is 2.55 bits per heavy atom. The lowest BCUT2D eigenvalue weighted by Gasteiger charge is -2.24. The zero-order valence-electron chi connectivity index (χ0n) is 22.0. The van der Waals surface area contributed by atoms with E-state index in [9.17, 15) is 19.7 Å². The number of nitrogens with zero attached hydrogens (tertiary/aromatic N) is 3. The molecule has 0 saturated carbocycles. The number of benzene rings is 2. The molecule has 1 aliphatic heterocycles. The molecule has 2 aromatic carbocycles. The fraction of sp³-hybridized carbons (Fsp3) is 0.207. The van der Waals surface area contributed by atoms with Gasteiger partial charge < -0.3 is 9.15 Å². The van der Waals surface area contributed by atoms with Crippen molar-refractivity contribution in [3.63, 3.8) is 0 Å². The number of nitro benzene ring substituents is 1. The maximum atomic E-state index is 13.8. The second-order valence-electron chi connectivity index (χ2n) is 9.52. The summed E-state index contributed by atoms with van der Waals surface area (Å²) in [7, 11) is 1.31. The number of aromatic nitrogens is 1. The summed E-state index contributed by atoms with van der Waals surface area (Å²) in [5, 5.41) is 11.1. The van der Waals surface area contributed by atoms with Crippen molar-refractivity contribution in [2.45, 2.75) is 32.7 Å². The number of carbonyl (C=O) groups excluding carboxylic acids is 1. The van der Waals surface area contributed by atoms with Crippen LogP contribution in [0, 0.1) is 10.1 Å². The highest BCUT2D eigenvalue weighted by Gasteiger charge is 2.33. The van der Waals surface area contributed by atoms with Crippen LogP contribution in [0.2, 0.25) is 0 Å². The zero-order chi connectivity index (χ0) is 28.7. The van der Waals surface area contributed by atoms with Gasteiger partial charge in [-0.15, -0.1) is 0 Å². The molecule has 3 heterocycles. The molecule has 0 saturated heterocycles. The summed E-state index contributed by atoms with van der Waals surface area (Å²) in [5.74, 6) is 0.691. The van der Waals surface area contributed by atoms with Crippen molar-refractivity contribution < 1.29 is 18.9 Å². The van der Waals surface area contributed by atoms with E-state index in [0.29, 0.717) is 48.1 Å². The number of thiazole rings is 1. The molecular formula is C29H24BrN3O6S. The molecule has 11 heteroatoms. The lowest BCUT2D eigenvalue weighted by atomic mass is 9.93. The molecule has 0 amide bonds. The van der Waals surface area contributed by atoms with Crippen LogP contribution in [0.1, 0.15) is 49.6 Å². The number of ether oxygens (including phenoxy) is 1. The monoisotopic (exact) mass is 621 g/mol. The van der Waals surface area contributed by atoms with Crippen LogP contribution in [0.15, 0.2) is 84.5 Å². The van der Waals surface area contributed by atoms with Crippen molar-refractivity contribution in [2.24, 2.45) is 4.99 Å². The maximum absolute atomic E-state index is 13.8. The normalized spacial score (nSPS) is 15.2. The molecular weight excluding hydrogens is 598 g/mol. The third-order valence-corrected chi connectivity index (χ3v) is 8.31. The molecule has 0 N–H and O–H groups in total. The van der Waals surface area contributed by atoms with Crippen LogP contribution in [0.3, 0.4) is 0 Å². The van der Waals surface area contributed by atoms with Crippen molar-refractivity contribution in [1.29, 1.82) is 0 Å². The van der Waals surface area contributed by atoms with Gasteiger partial charge in [0.25, 0.3) is 11.2 Å². The number of hydrogen-bond acceptors (Lipinski definition) is 8. The molecule has 5 rings (SSSR count).